The predicted octanol–water partition coefficient (Wildman–Crippen LogP) is 3.05. The molecule has 0 aliphatic heterocycles. The Kier molecular flexibility index (Phi) is 7.30. The van der Waals surface area contributed by atoms with Crippen molar-refractivity contribution in [2.45, 2.75) is 57.9 Å². The minimum absolute atomic E-state index is 0.0807. The number of hydrogen-bond acceptors (Lipinski definition) is 4. The van der Waals surface area contributed by atoms with Crippen molar-refractivity contribution in [1.82, 2.24) is 4.90 Å². The maximum atomic E-state index is 12.1. The van der Waals surface area contributed by atoms with Crippen LogP contribution in [0.5, 0.6) is 11.5 Å². The van der Waals surface area contributed by atoms with Crippen molar-refractivity contribution < 1.29 is 24.2 Å². The molecule has 6 heteroatoms. The Hall–Kier alpha value is -2.24. The molecule has 0 saturated heterocycles. The maximum absolute atomic E-state index is 12.1. The number of benzene rings is 1. The van der Waals surface area contributed by atoms with Crippen molar-refractivity contribution in [3.63, 3.8) is 0 Å². The average Bonchev–Trinajstić information content (AvgIpc) is 2.62. The van der Waals surface area contributed by atoms with Crippen molar-refractivity contribution in [2.24, 2.45) is 0 Å². The largest absolute Gasteiger partial charge is 0.493 e. The Morgan fingerprint density at radius 1 is 1.12 bits per heavy atom. The molecule has 1 aromatic carbocycles. The molecule has 144 valence electrons. The van der Waals surface area contributed by atoms with E-state index in [-0.39, 0.29) is 18.4 Å². The van der Waals surface area contributed by atoms with Gasteiger partial charge in [0.25, 0.3) is 0 Å². The summed E-state index contributed by atoms with van der Waals surface area (Å²) < 4.78 is 10.8. The number of ether oxygens (including phenoxy) is 2. The van der Waals surface area contributed by atoms with Gasteiger partial charge in [-0.1, -0.05) is 6.42 Å². The third kappa shape index (κ3) is 5.13. The summed E-state index contributed by atoms with van der Waals surface area (Å²) in [6.07, 6.45) is 5.15. The Bertz CT molecular complexity index is 643. The van der Waals surface area contributed by atoms with Gasteiger partial charge in [0.05, 0.1) is 14.2 Å². The van der Waals surface area contributed by atoms with Crippen molar-refractivity contribution in [3.05, 3.63) is 23.3 Å². The van der Waals surface area contributed by atoms with Crippen molar-refractivity contribution in [2.75, 3.05) is 20.8 Å². The van der Waals surface area contributed by atoms with E-state index in [4.69, 9.17) is 14.6 Å². The maximum Gasteiger partial charge on any atom is 0.303 e. The van der Waals surface area contributed by atoms with E-state index in [9.17, 15) is 9.59 Å². The second-order valence-corrected chi connectivity index (χ2v) is 6.79. The Morgan fingerprint density at radius 3 is 2.35 bits per heavy atom. The zero-order valence-corrected chi connectivity index (χ0v) is 15.9. The molecule has 26 heavy (non-hydrogen) atoms. The number of carboxylic acid groups (broad SMARTS) is 1. The first-order valence-corrected chi connectivity index (χ1v) is 9.19. The fourth-order valence-corrected chi connectivity index (χ4v) is 3.66. The average molecular weight is 363 g/mol. The molecule has 1 aromatic rings. The monoisotopic (exact) mass is 363 g/mol. The molecule has 1 amide bonds. The van der Waals surface area contributed by atoms with Crippen LogP contribution in [0.4, 0.5) is 0 Å². The Balaban J connectivity index is 2.01. The second-order valence-electron chi connectivity index (χ2n) is 6.79. The number of methoxy groups -OCH3 is 2. The molecular weight excluding hydrogens is 334 g/mol. The lowest BCUT2D eigenvalue weighted by Crippen LogP contribution is -2.42. The lowest BCUT2D eigenvalue weighted by Gasteiger charge is -2.35. The molecule has 0 heterocycles. The minimum Gasteiger partial charge on any atom is -0.493 e. The fraction of sp³-hybridized carbons (Fsp3) is 0.600. The van der Waals surface area contributed by atoms with E-state index in [1.165, 1.54) is 11.1 Å². The van der Waals surface area contributed by atoms with Gasteiger partial charge in [-0.3, -0.25) is 9.59 Å². The van der Waals surface area contributed by atoms with Gasteiger partial charge in [-0.25, -0.2) is 0 Å². The first-order valence-electron chi connectivity index (χ1n) is 9.19. The highest BCUT2D eigenvalue weighted by Crippen LogP contribution is 2.35. The number of carbonyl (C=O) groups excluding carboxylic acids is 1. The first kappa shape index (κ1) is 20.1. The number of nitrogens with zero attached hydrogens (tertiary/aromatic N) is 1. The van der Waals surface area contributed by atoms with Gasteiger partial charge in [0, 0.05) is 25.9 Å². The van der Waals surface area contributed by atoms with E-state index in [0.29, 0.717) is 13.0 Å². The number of fused-ring (bicyclic) bond motifs is 1. The van der Waals surface area contributed by atoms with Crippen LogP contribution in [0.1, 0.15) is 50.2 Å². The number of hydrogen-bond donors (Lipinski definition) is 1. The van der Waals surface area contributed by atoms with Gasteiger partial charge in [0.2, 0.25) is 5.91 Å². The van der Waals surface area contributed by atoms with Crippen LogP contribution in [0.2, 0.25) is 0 Å². The highest BCUT2D eigenvalue weighted by molar-refractivity contribution is 5.73. The van der Waals surface area contributed by atoms with Crippen LogP contribution in [0.3, 0.4) is 0 Å². The van der Waals surface area contributed by atoms with E-state index < -0.39 is 5.97 Å². The highest BCUT2D eigenvalue weighted by atomic mass is 16.5. The van der Waals surface area contributed by atoms with E-state index in [1.807, 2.05) is 17.0 Å². The summed E-state index contributed by atoms with van der Waals surface area (Å²) in [6, 6.07) is 4.23. The van der Waals surface area contributed by atoms with Crippen LogP contribution in [-0.4, -0.2) is 48.7 Å². The zero-order chi connectivity index (χ0) is 19.1. The first-order chi connectivity index (χ1) is 12.5. The van der Waals surface area contributed by atoms with Crippen LogP contribution in [-0.2, 0) is 22.4 Å². The van der Waals surface area contributed by atoms with Gasteiger partial charge in [0.1, 0.15) is 0 Å². The molecule has 0 aromatic heterocycles. The normalized spacial score (nSPS) is 15.9. The van der Waals surface area contributed by atoms with Crippen LogP contribution in [0.25, 0.3) is 0 Å². The summed E-state index contributed by atoms with van der Waals surface area (Å²) in [4.78, 5) is 24.7. The van der Waals surface area contributed by atoms with Crippen LogP contribution in [0, 0.1) is 0 Å². The van der Waals surface area contributed by atoms with Crippen molar-refractivity contribution >= 4 is 11.9 Å². The Morgan fingerprint density at radius 2 is 1.77 bits per heavy atom. The van der Waals surface area contributed by atoms with Gasteiger partial charge in [-0.15, -0.1) is 0 Å². The van der Waals surface area contributed by atoms with Gasteiger partial charge in [-0.05, 0) is 55.4 Å². The number of aryl methyl sites for hydroxylation is 1. The molecule has 0 spiro atoms. The number of unbranched alkanes of at least 4 members (excludes halogenated alkanes) is 2. The zero-order valence-electron chi connectivity index (χ0n) is 15.9. The molecular formula is C20H29NO5. The predicted molar refractivity (Wildman–Crippen MR) is 98.8 cm³/mol. The second kappa shape index (κ2) is 9.46. The van der Waals surface area contributed by atoms with E-state index in [1.54, 1.807) is 21.1 Å². The van der Waals surface area contributed by atoms with E-state index in [0.717, 1.165) is 43.6 Å². The number of carbonyl (C=O) groups is 2. The molecule has 0 saturated carbocycles. The van der Waals surface area contributed by atoms with E-state index in [2.05, 4.69) is 0 Å². The van der Waals surface area contributed by atoms with Gasteiger partial charge >= 0.3 is 5.97 Å². The van der Waals surface area contributed by atoms with Gasteiger partial charge < -0.3 is 19.5 Å². The number of carboxylic acids is 1. The summed E-state index contributed by atoms with van der Waals surface area (Å²) in [5, 5.41) is 8.70. The fourth-order valence-electron chi connectivity index (χ4n) is 3.66. The molecule has 1 aliphatic rings. The molecule has 0 radical (unpaired) electrons. The summed E-state index contributed by atoms with van der Waals surface area (Å²) >= 11 is 0. The summed E-state index contributed by atoms with van der Waals surface area (Å²) in [7, 11) is 3.27. The lowest BCUT2D eigenvalue weighted by molar-refractivity contribution is -0.137. The highest BCUT2D eigenvalue weighted by Gasteiger charge is 2.27. The van der Waals surface area contributed by atoms with Crippen LogP contribution in [0.15, 0.2) is 12.1 Å². The molecule has 1 N–H and O–H groups in total. The molecule has 1 aliphatic carbocycles. The molecule has 1 atom stereocenters. The Labute approximate surface area is 155 Å². The number of amides is 1. The quantitative estimate of drug-likeness (QED) is 0.683. The van der Waals surface area contributed by atoms with Crippen molar-refractivity contribution in [3.8, 4) is 11.5 Å². The van der Waals surface area contributed by atoms with Crippen LogP contribution < -0.4 is 9.47 Å². The SMILES string of the molecule is COc1cc2c(cc1OC)CC(N(CCCCCC(=O)O)C(C)=O)CC2. The number of rotatable bonds is 9. The topological polar surface area (TPSA) is 76.1 Å². The number of aliphatic carboxylic acids is 1. The third-order valence-corrected chi connectivity index (χ3v) is 5.04. The third-order valence-electron chi connectivity index (χ3n) is 5.04. The van der Waals surface area contributed by atoms with E-state index >= 15 is 0 Å². The summed E-state index contributed by atoms with van der Waals surface area (Å²) in [5.41, 5.74) is 2.46. The minimum atomic E-state index is -0.762. The smallest absolute Gasteiger partial charge is 0.303 e. The summed E-state index contributed by atoms with van der Waals surface area (Å²) in [6.45, 7) is 2.30. The molecule has 1 unspecified atom stereocenters. The van der Waals surface area contributed by atoms with Crippen LogP contribution >= 0.6 is 0 Å². The summed E-state index contributed by atoms with van der Waals surface area (Å²) in [5.74, 6) is 0.778. The lowest BCUT2D eigenvalue weighted by atomic mass is 9.87. The van der Waals surface area contributed by atoms with Gasteiger partial charge in [0.15, 0.2) is 11.5 Å². The molecule has 0 fully saturated rings. The van der Waals surface area contributed by atoms with Crippen molar-refractivity contribution in [1.29, 1.82) is 0 Å². The standard InChI is InChI=1S/C20H29NO5/c1-14(22)21(10-6-4-5-7-20(23)24)17-9-8-15-12-18(25-2)19(26-3)13-16(15)11-17/h12-13,17H,4-11H2,1-3H3,(H,23,24). The molecule has 2 rings (SSSR count). The molecule has 0 bridgehead atoms. The van der Waals surface area contributed by atoms with Gasteiger partial charge in [-0.2, -0.15) is 0 Å². The molecule has 6 nitrogen and oxygen atoms in total.